The van der Waals surface area contributed by atoms with E-state index in [-0.39, 0.29) is 17.7 Å². The molecule has 0 bridgehead atoms. The molecule has 25 heavy (non-hydrogen) atoms. The van der Waals surface area contributed by atoms with Gasteiger partial charge >= 0.3 is 0 Å². The lowest BCUT2D eigenvalue weighted by molar-refractivity contribution is -0.120. The molecule has 1 aromatic carbocycles. The number of nitrogens with zero attached hydrogens (tertiary/aromatic N) is 2. The van der Waals surface area contributed by atoms with Crippen LogP contribution in [0.1, 0.15) is 37.0 Å². The highest BCUT2D eigenvalue weighted by atomic mass is 16.5. The van der Waals surface area contributed by atoms with E-state index in [9.17, 15) is 9.59 Å². The topological polar surface area (TPSA) is 71.5 Å². The van der Waals surface area contributed by atoms with Gasteiger partial charge in [-0.15, -0.1) is 0 Å². The molecule has 3 rings (SSSR count). The van der Waals surface area contributed by atoms with Crippen LogP contribution >= 0.6 is 0 Å². The van der Waals surface area contributed by atoms with Crippen molar-refractivity contribution in [2.24, 2.45) is 5.92 Å². The Morgan fingerprint density at radius 3 is 2.76 bits per heavy atom. The Morgan fingerprint density at radius 1 is 1.28 bits per heavy atom. The monoisotopic (exact) mass is 339 g/mol. The number of hydrogen-bond acceptors (Lipinski definition) is 4. The van der Waals surface area contributed by atoms with Crippen LogP contribution in [-0.2, 0) is 4.79 Å². The number of ether oxygens (including phenoxy) is 1. The predicted octanol–water partition coefficient (Wildman–Crippen LogP) is 3.84. The summed E-state index contributed by atoms with van der Waals surface area (Å²) in [6.45, 7) is 3.97. The normalized spacial score (nSPS) is 13.0. The van der Waals surface area contributed by atoms with Crippen LogP contribution in [0.5, 0.6) is 11.6 Å². The molecule has 0 saturated heterocycles. The number of hydrogen-bond donors (Lipinski definition) is 1. The summed E-state index contributed by atoms with van der Waals surface area (Å²) in [6, 6.07) is 8.61. The molecule has 1 aliphatic rings. The Balaban J connectivity index is 1.93. The highest BCUT2D eigenvalue weighted by molar-refractivity contribution is 6.10. The zero-order valence-corrected chi connectivity index (χ0v) is 14.6. The summed E-state index contributed by atoms with van der Waals surface area (Å²) in [5, 5.41) is 2.89. The van der Waals surface area contributed by atoms with Crippen molar-refractivity contribution in [3.05, 3.63) is 42.1 Å². The number of aromatic nitrogens is 1. The molecule has 0 fully saturated rings. The van der Waals surface area contributed by atoms with E-state index in [4.69, 9.17) is 4.74 Å². The van der Waals surface area contributed by atoms with Crippen LogP contribution in [-0.4, -0.2) is 23.8 Å². The number of carbonyl (C=O) groups excluding carboxylic acids is 2. The molecular formula is C19H21N3O3. The van der Waals surface area contributed by atoms with Gasteiger partial charge in [-0.25, -0.2) is 4.98 Å². The van der Waals surface area contributed by atoms with E-state index < -0.39 is 0 Å². The van der Waals surface area contributed by atoms with E-state index in [1.54, 1.807) is 43.6 Å². The third-order valence-corrected chi connectivity index (χ3v) is 4.46. The largest absolute Gasteiger partial charge is 0.436 e. The van der Waals surface area contributed by atoms with Crippen molar-refractivity contribution in [2.45, 2.75) is 26.7 Å². The van der Waals surface area contributed by atoms with E-state index in [0.29, 0.717) is 28.6 Å². The molecule has 0 aliphatic carbocycles. The minimum Gasteiger partial charge on any atom is -0.436 e. The molecule has 2 amide bonds. The van der Waals surface area contributed by atoms with Crippen LogP contribution in [0.25, 0.3) is 0 Å². The first kappa shape index (κ1) is 17.0. The molecule has 6 heteroatoms. The van der Waals surface area contributed by atoms with E-state index >= 15 is 0 Å². The van der Waals surface area contributed by atoms with E-state index in [0.717, 1.165) is 12.8 Å². The van der Waals surface area contributed by atoms with Gasteiger partial charge in [0, 0.05) is 24.8 Å². The first-order valence-corrected chi connectivity index (χ1v) is 8.41. The van der Waals surface area contributed by atoms with Crippen LogP contribution in [0.3, 0.4) is 0 Å². The number of pyridine rings is 1. The average molecular weight is 339 g/mol. The van der Waals surface area contributed by atoms with Crippen LogP contribution in [0.2, 0.25) is 0 Å². The fourth-order valence-corrected chi connectivity index (χ4v) is 2.88. The fraction of sp³-hybridized carbons (Fsp3) is 0.316. The molecule has 2 aromatic rings. The molecule has 0 unspecified atom stereocenters. The van der Waals surface area contributed by atoms with Gasteiger partial charge in [0.1, 0.15) is 11.4 Å². The molecule has 6 nitrogen and oxygen atoms in total. The average Bonchev–Trinajstić information content (AvgIpc) is 2.72. The summed E-state index contributed by atoms with van der Waals surface area (Å²) < 4.78 is 5.81. The summed E-state index contributed by atoms with van der Waals surface area (Å²) in [5.74, 6) is 0.522. The lowest BCUT2D eigenvalue weighted by Gasteiger charge is -2.16. The van der Waals surface area contributed by atoms with Gasteiger partial charge in [0.15, 0.2) is 0 Å². The molecule has 1 aromatic heterocycles. The summed E-state index contributed by atoms with van der Waals surface area (Å²) in [5.41, 5.74) is 1.58. The molecule has 130 valence electrons. The number of rotatable bonds is 4. The first-order chi connectivity index (χ1) is 12.0. The van der Waals surface area contributed by atoms with Crippen molar-refractivity contribution in [1.82, 2.24) is 4.98 Å². The highest BCUT2D eigenvalue weighted by Gasteiger charge is 2.27. The zero-order valence-electron chi connectivity index (χ0n) is 14.6. The number of benzene rings is 1. The van der Waals surface area contributed by atoms with Gasteiger partial charge in [0.2, 0.25) is 11.8 Å². The Kier molecular flexibility index (Phi) is 4.70. The quantitative estimate of drug-likeness (QED) is 0.919. The third kappa shape index (κ3) is 3.20. The van der Waals surface area contributed by atoms with Crippen LogP contribution in [0, 0.1) is 5.92 Å². The number of anilines is 2. The Hall–Kier alpha value is -2.89. The lowest BCUT2D eigenvalue weighted by Crippen LogP contribution is -2.26. The van der Waals surface area contributed by atoms with Gasteiger partial charge in [-0.2, -0.15) is 0 Å². The van der Waals surface area contributed by atoms with Crippen LogP contribution < -0.4 is 15.0 Å². The second kappa shape index (κ2) is 6.93. The number of nitrogens with one attached hydrogen (secondary N) is 1. The smallest absolute Gasteiger partial charge is 0.262 e. The Bertz CT molecular complexity index is 815. The standard InChI is InChI=1S/C19H21N3O3/c1-4-12(5-2)17(23)21-13-8-9-16-14(11-13)19(24)22(3)15-7-6-10-20-18(15)25-16/h6-12H,4-5H2,1-3H3,(H,21,23). The summed E-state index contributed by atoms with van der Waals surface area (Å²) in [6.07, 6.45) is 3.17. The van der Waals surface area contributed by atoms with E-state index in [1.165, 1.54) is 4.90 Å². The Morgan fingerprint density at radius 2 is 2.04 bits per heavy atom. The molecule has 2 heterocycles. The second-order valence-electron chi connectivity index (χ2n) is 6.01. The molecule has 0 atom stereocenters. The van der Waals surface area contributed by atoms with Gasteiger partial charge in [-0.1, -0.05) is 13.8 Å². The van der Waals surface area contributed by atoms with Gasteiger partial charge < -0.3 is 15.0 Å². The van der Waals surface area contributed by atoms with Crippen LogP contribution in [0.4, 0.5) is 11.4 Å². The van der Waals surface area contributed by atoms with Gasteiger partial charge in [0.05, 0.1) is 5.56 Å². The molecule has 0 saturated carbocycles. The minimum absolute atomic E-state index is 0.0368. The zero-order chi connectivity index (χ0) is 18.0. The van der Waals surface area contributed by atoms with Crippen molar-refractivity contribution in [2.75, 3.05) is 17.3 Å². The van der Waals surface area contributed by atoms with Gasteiger partial charge in [-0.05, 0) is 43.2 Å². The molecule has 1 aliphatic heterocycles. The maximum atomic E-state index is 12.8. The van der Waals surface area contributed by atoms with Crippen molar-refractivity contribution in [3.63, 3.8) is 0 Å². The maximum absolute atomic E-state index is 12.8. The number of amides is 2. The minimum atomic E-state index is -0.208. The lowest BCUT2D eigenvalue weighted by atomic mass is 10.0. The van der Waals surface area contributed by atoms with Crippen LogP contribution in [0.15, 0.2) is 36.5 Å². The molecular weight excluding hydrogens is 318 g/mol. The number of carbonyl (C=O) groups is 2. The Labute approximate surface area is 146 Å². The van der Waals surface area contributed by atoms with E-state index in [2.05, 4.69) is 10.3 Å². The third-order valence-electron chi connectivity index (χ3n) is 4.46. The van der Waals surface area contributed by atoms with Crippen molar-refractivity contribution in [1.29, 1.82) is 0 Å². The molecule has 0 radical (unpaired) electrons. The predicted molar refractivity (Wildman–Crippen MR) is 96.2 cm³/mol. The number of fused-ring (bicyclic) bond motifs is 2. The summed E-state index contributed by atoms with van der Waals surface area (Å²) >= 11 is 0. The fourth-order valence-electron chi connectivity index (χ4n) is 2.88. The molecule has 0 spiro atoms. The maximum Gasteiger partial charge on any atom is 0.262 e. The van der Waals surface area contributed by atoms with Gasteiger partial charge in [-0.3, -0.25) is 9.59 Å². The summed E-state index contributed by atoms with van der Waals surface area (Å²) in [7, 11) is 1.68. The van der Waals surface area contributed by atoms with Gasteiger partial charge in [0.25, 0.3) is 5.91 Å². The second-order valence-corrected chi connectivity index (χ2v) is 6.01. The highest BCUT2D eigenvalue weighted by Crippen LogP contribution is 2.37. The van der Waals surface area contributed by atoms with Crippen molar-refractivity contribution >= 4 is 23.2 Å². The summed E-state index contributed by atoms with van der Waals surface area (Å²) in [4.78, 5) is 30.8. The SMILES string of the molecule is CCC(CC)C(=O)Nc1ccc2c(c1)C(=O)N(C)c1cccnc1O2. The van der Waals surface area contributed by atoms with Crippen molar-refractivity contribution < 1.29 is 14.3 Å². The van der Waals surface area contributed by atoms with Crippen molar-refractivity contribution in [3.8, 4) is 11.6 Å². The van der Waals surface area contributed by atoms with E-state index in [1.807, 2.05) is 13.8 Å². The first-order valence-electron chi connectivity index (χ1n) is 8.41. The molecule has 1 N–H and O–H groups in total.